The Morgan fingerprint density at radius 3 is 1.41 bits per heavy atom. The van der Waals surface area contributed by atoms with Gasteiger partial charge in [0.25, 0.3) is 0 Å². The summed E-state index contributed by atoms with van der Waals surface area (Å²) in [4.78, 5) is 39.0. The fourth-order valence-corrected chi connectivity index (χ4v) is 9.74. The van der Waals surface area contributed by atoms with Crippen LogP contribution in [0.4, 0.5) is 0 Å². The van der Waals surface area contributed by atoms with Gasteiger partial charge in [-0.2, -0.15) is 0 Å². The van der Waals surface area contributed by atoms with Gasteiger partial charge in [-0.1, -0.05) is 60.7 Å². The Morgan fingerprint density at radius 1 is 0.609 bits per heavy atom. The highest BCUT2D eigenvalue weighted by Gasteiger charge is 2.40. The summed E-state index contributed by atoms with van der Waals surface area (Å²) in [6.07, 6.45) is 14.7. The van der Waals surface area contributed by atoms with Crippen LogP contribution in [0.3, 0.4) is 0 Å². The van der Waals surface area contributed by atoms with Crippen LogP contribution in [0, 0.1) is 13.8 Å². The highest BCUT2D eigenvalue weighted by Crippen LogP contribution is 2.39. The predicted molar refractivity (Wildman–Crippen MR) is 245 cm³/mol. The quantitative estimate of drug-likeness (QED) is 0.149. The zero-order valence-corrected chi connectivity index (χ0v) is 36.7. The van der Waals surface area contributed by atoms with E-state index < -0.39 is 12.2 Å². The Hall–Kier alpha value is -6.76. The molecule has 0 unspecified atom stereocenters. The molecule has 0 bridgehead atoms. The number of rotatable bonds is 8. The van der Waals surface area contributed by atoms with E-state index in [1.54, 1.807) is 26.9 Å². The highest BCUT2D eigenvalue weighted by molar-refractivity contribution is 5.99. The molecule has 64 heavy (non-hydrogen) atoms. The number of aromatic nitrogens is 4. The van der Waals surface area contributed by atoms with E-state index in [-0.39, 0.29) is 23.9 Å². The van der Waals surface area contributed by atoms with E-state index >= 15 is 0 Å². The van der Waals surface area contributed by atoms with E-state index in [2.05, 4.69) is 9.97 Å². The van der Waals surface area contributed by atoms with Crippen molar-refractivity contribution >= 4 is 24.0 Å². The maximum atomic E-state index is 13.4. The van der Waals surface area contributed by atoms with Gasteiger partial charge in [-0.25, -0.2) is 9.97 Å². The number of fused-ring (bicyclic) bond motifs is 2. The molecule has 2 aliphatic heterocycles. The largest absolute Gasteiger partial charge is 0.495 e. The number of aliphatic hydroxyl groups is 2. The lowest BCUT2D eigenvalue weighted by Crippen LogP contribution is -2.46. The van der Waals surface area contributed by atoms with Crippen molar-refractivity contribution in [2.45, 2.75) is 76.7 Å². The van der Waals surface area contributed by atoms with Gasteiger partial charge in [0.2, 0.25) is 11.8 Å². The summed E-state index contributed by atoms with van der Waals surface area (Å²) >= 11 is 0. The third kappa shape index (κ3) is 8.38. The van der Waals surface area contributed by atoms with Crippen molar-refractivity contribution in [1.29, 1.82) is 0 Å². The summed E-state index contributed by atoms with van der Waals surface area (Å²) < 4.78 is 15.1. The number of carbonyl (C=O) groups is 2. The molecule has 0 spiro atoms. The molecule has 4 aromatic carbocycles. The summed E-state index contributed by atoms with van der Waals surface area (Å²) in [6, 6.07) is 27.3. The minimum atomic E-state index is -0.632. The van der Waals surface area contributed by atoms with Crippen LogP contribution in [0.2, 0.25) is 0 Å². The summed E-state index contributed by atoms with van der Waals surface area (Å²) in [5.41, 5.74) is 11.2. The third-order valence-corrected chi connectivity index (χ3v) is 13.0. The number of aliphatic hydroxyl groups excluding tert-OH is 2. The van der Waals surface area contributed by atoms with Crippen LogP contribution >= 0.6 is 0 Å². The van der Waals surface area contributed by atoms with Gasteiger partial charge in [-0.15, -0.1) is 0 Å². The molecule has 10 rings (SSSR count). The normalized spacial score (nSPS) is 21.8. The molecule has 0 radical (unpaired) electrons. The first-order valence-corrected chi connectivity index (χ1v) is 22.0. The number of hydrogen-bond acceptors (Lipinski definition) is 8. The maximum Gasteiger partial charge on any atom is 0.250 e. The molecule has 328 valence electrons. The van der Waals surface area contributed by atoms with Crippen molar-refractivity contribution in [1.82, 2.24) is 28.9 Å². The van der Waals surface area contributed by atoms with Crippen LogP contribution in [0.1, 0.15) is 82.7 Å². The first-order valence-electron chi connectivity index (χ1n) is 22.0. The van der Waals surface area contributed by atoms with Crippen molar-refractivity contribution in [3.05, 3.63) is 166 Å². The van der Waals surface area contributed by atoms with E-state index in [4.69, 9.17) is 9.47 Å². The Bertz CT molecular complexity index is 2580. The summed E-state index contributed by atoms with van der Waals surface area (Å²) in [7, 11) is 3.29. The lowest BCUT2D eigenvalue weighted by Gasteiger charge is -2.35. The average molecular weight is 859 g/mol. The molecule has 4 heterocycles. The van der Waals surface area contributed by atoms with E-state index in [0.717, 1.165) is 104 Å². The second-order valence-corrected chi connectivity index (χ2v) is 17.1. The van der Waals surface area contributed by atoms with Gasteiger partial charge >= 0.3 is 0 Å². The van der Waals surface area contributed by atoms with E-state index in [0.29, 0.717) is 25.9 Å². The number of hydrogen-bond donors (Lipinski definition) is 2. The predicted octanol–water partition coefficient (Wildman–Crippen LogP) is 7.71. The molecule has 2 fully saturated rings. The minimum Gasteiger partial charge on any atom is -0.495 e. The van der Waals surface area contributed by atoms with Gasteiger partial charge in [0.15, 0.2) is 0 Å². The van der Waals surface area contributed by atoms with Crippen LogP contribution in [0.25, 0.3) is 23.5 Å². The number of nitrogens with zero attached hydrogens (tertiary/aromatic N) is 6. The minimum absolute atomic E-state index is 0.0152. The van der Waals surface area contributed by atoms with Crippen LogP contribution in [0.15, 0.2) is 121 Å². The molecule has 4 atom stereocenters. The van der Waals surface area contributed by atoms with Gasteiger partial charge in [0.05, 0.1) is 73.9 Å². The van der Waals surface area contributed by atoms with E-state index in [1.165, 1.54) is 0 Å². The van der Waals surface area contributed by atoms with Crippen molar-refractivity contribution in [2.24, 2.45) is 0 Å². The van der Waals surface area contributed by atoms with Gasteiger partial charge in [0, 0.05) is 36.6 Å². The van der Waals surface area contributed by atoms with Gasteiger partial charge in [-0.05, 0) is 122 Å². The number of aryl methyl sites for hydroxylation is 2. The summed E-state index contributed by atoms with van der Waals surface area (Å²) in [5, 5.41) is 21.7. The summed E-state index contributed by atoms with van der Waals surface area (Å²) in [6.45, 7) is 5.24. The number of ether oxygens (including phenoxy) is 2. The Labute approximate surface area is 373 Å². The molecule has 4 aliphatic rings. The molecule has 12 nitrogen and oxygen atoms in total. The topological polar surface area (TPSA) is 135 Å². The number of methoxy groups -OCH3 is 2. The standard InChI is InChI=1S/2C26H27N3O3/c2*1-17-15-28(16-27-17)22-10-9-18(13-24(22)32-2)12-20-7-5-11-29(26(20)31)23-14-19-6-3-4-8-21(19)25(23)30/h2*3-4,6,8-10,12-13,15-16,23,25,30H,5,7,11,14H2,1-2H3/b2*20-12+/t2*23-,25+/m10/s1. The monoisotopic (exact) mass is 858 g/mol. The summed E-state index contributed by atoms with van der Waals surface area (Å²) in [5.74, 6) is 1.47. The zero-order chi connectivity index (χ0) is 44.5. The number of imidazole rings is 2. The zero-order valence-electron chi connectivity index (χ0n) is 36.7. The number of carbonyl (C=O) groups excluding carboxylic acids is 2. The highest BCUT2D eigenvalue weighted by atomic mass is 16.5. The fraction of sp³-hybridized carbons (Fsp3) is 0.308. The lowest BCUT2D eigenvalue weighted by molar-refractivity contribution is -0.134. The molecule has 2 N–H and O–H groups in total. The molecule has 2 amide bonds. The lowest BCUT2D eigenvalue weighted by atomic mass is 9.97. The SMILES string of the molecule is COc1cc(/C=C2\CCCN([C@@H]3Cc4ccccc4[C@@H]3O)C2=O)ccc1-n1cnc(C)c1.COc1cc(/C=C2\CCCN([C@H]3Cc4ccccc4[C@H]3O)C2=O)ccc1-n1cnc(C)c1. The fourth-order valence-electron chi connectivity index (χ4n) is 9.74. The van der Waals surface area contributed by atoms with Crippen molar-refractivity contribution in [3.63, 3.8) is 0 Å². The van der Waals surface area contributed by atoms with Crippen LogP contribution in [-0.2, 0) is 22.4 Å². The second kappa shape index (κ2) is 18.1. The van der Waals surface area contributed by atoms with Crippen LogP contribution in [-0.4, -0.2) is 90.3 Å². The third-order valence-electron chi connectivity index (χ3n) is 13.0. The van der Waals surface area contributed by atoms with Crippen molar-refractivity contribution in [3.8, 4) is 22.9 Å². The molecule has 2 aliphatic carbocycles. The number of benzene rings is 4. The molecule has 6 aromatic rings. The molecule has 0 saturated carbocycles. The average Bonchev–Trinajstić information content (AvgIpc) is 4.11. The molecule has 2 aromatic heterocycles. The van der Waals surface area contributed by atoms with Crippen molar-refractivity contribution in [2.75, 3.05) is 27.3 Å². The number of likely N-dealkylation sites (tertiary alicyclic amines) is 2. The Morgan fingerprint density at radius 2 is 1.03 bits per heavy atom. The van der Waals surface area contributed by atoms with Gasteiger partial charge in [-0.3, -0.25) is 9.59 Å². The molecular weight excluding hydrogens is 805 g/mol. The smallest absolute Gasteiger partial charge is 0.250 e. The molecule has 12 heteroatoms. The van der Waals surface area contributed by atoms with E-state index in [1.807, 2.05) is 142 Å². The van der Waals surface area contributed by atoms with E-state index in [9.17, 15) is 19.8 Å². The molecular formula is C52H54N6O6. The first-order chi connectivity index (χ1) is 31.1. The Kier molecular flexibility index (Phi) is 12.1. The first kappa shape index (κ1) is 42.5. The van der Waals surface area contributed by atoms with Crippen molar-refractivity contribution < 1.29 is 29.3 Å². The molecule has 2 saturated heterocycles. The van der Waals surface area contributed by atoms with Gasteiger partial charge < -0.3 is 38.6 Å². The second-order valence-electron chi connectivity index (χ2n) is 17.1. The van der Waals surface area contributed by atoms with Crippen LogP contribution in [0.5, 0.6) is 11.5 Å². The number of amides is 2. The van der Waals surface area contributed by atoms with Gasteiger partial charge in [0.1, 0.15) is 11.5 Å². The van der Waals surface area contributed by atoms with Crippen LogP contribution < -0.4 is 9.47 Å². The maximum absolute atomic E-state index is 13.4. The number of piperidine rings is 2. The Balaban J connectivity index is 0.000000162.